The van der Waals surface area contributed by atoms with Crippen LogP contribution in [0, 0.1) is 0 Å². The summed E-state index contributed by atoms with van der Waals surface area (Å²) >= 11 is 0. The maximum absolute atomic E-state index is 12.7. The van der Waals surface area contributed by atoms with E-state index in [1.165, 1.54) is 12.8 Å². The molecule has 0 N–H and O–H groups in total. The van der Waals surface area contributed by atoms with Gasteiger partial charge >= 0.3 is 17.9 Å². The number of esters is 3. The minimum absolute atomic E-state index is 0.120. The molecular formula is C49H76O6. The second-order valence-electron chi connectivity index (χ2n) is 13.5. The first-order valence-corrected chi connectivity index (χ1v) is 21.4. The maximum atomic E-state index is 12.7. The van der Waals surface area contributed by atoms with Crippen LogP contribution in [-0.2, 0) is 28.6 Å². The Morgan fingerprint density at radius 1 is 0.382 bits per heavy atom. The summed E-state index contributed by atoms with van der Waals surface area (Å²) in [6.07, 6.45) is 56.8. The molecule has 0 spiro atoms. The molecule has 0 amide bonds. The number of hydrogen-bond donors (Lipinski definition) is 0. The second-order valence-corrected chi connectivity index (χ2v) is 13.5. The lowest BCUT2D eigenvalue weighted by atomic mass is 10.1. The topological polar surface area (TPSA) is 78.9 Å². The van der Waals surface area contributed by atoms with E-state index >= 15 is 0 Å². The summed E-state index contributed by atoms with van der Waals surface area (Å²) in [5, 5.41) is 0. The first kappa shape index (κ1) is 51.1. The molecule has 0 heterocycles. The predicted octanol–water partition coefficient (Wildman–Crippen LogP) is 13.6. The highest BCUT2D eigenvalue weighted by Gasteiger charge is 2.19. The summed E-state index contributed by atoms with van der Waals surface area (Å²) in [6.45, 7) is 6.10. The summed E-state index contributed by atoms with van der Waals surface area (Å²) < 4.78 is 16.5. The van der Waals surface area contributed by atoms with Crippen molar-refractivity contribution in [3.8, 4) is 0 Å². The SMILES string of the molecule is CC/C=C\C/C=C\C/C=C\CCCCCCCCC(=O)OCC(COC(=O)C/C=C\C/C=C\C/C=C\CC)OC(=O)CCCC/C=C\C/C=C\C/C=C\CC. The van der Waals surface area contributed by atoms with Crippen LogP contribution in [0.15, 0.2) is 109 Å². The normalized spacial score (nSPS) is 13.1. The quantitative estimate of drug-likeness (QED) is 0.0274. The van der Waals surface area contributed by atoms with E-state index in [9.17, 15) is 14.4 Å². The fourth-order valence-electron chi connectivity index (χ4n) is 5.18. The molecule has 1 unspecified atom stereocenters. The highest BCUT2D eigenvalue weighted by molar-refractivity contribution is 5.72. The van der Waals surface area contributed by atoms with Crippen molar-refractivity contribution >= 4 is 17.9 Å². The molecular weight excluding hydrogens is 685 g/mol. The smallest absolute Gasteiger partial charge is 0.309 e. The van der Waals surface area contributed by atoms with Gasteiger partial charge in [-0.1, -0.05) is 156 Å². The van der Waals surface area contributed by atoms with Crippen LogP contribution in [0.4, 0.5) is 0 Å². The number of ether oxygens (including phenoxy) is 3. The van der Waals surface area contributed by atoms with Crippen LogP contribution in [0.3, 0.4) is 0 Å². The number of allylic oxidation sites excluding steroid dienone is 17. The molecule has 55 heavy (non-hydrogen) atoms. The van der Waals surface area contributed by atoms with Gasteiger partial charge in [-0.2, -0.15) is 0 Å². The largest absolute Gasteiger partial charge is 0.462 e. The zero-order chi connectivity index (χ0) is 40.1. The summed E-state index contributed by atoms with van der Waals surface area (Å²) in [4.78, 5) is 37.5. The second kappa shape index (κ2) is 42.8. The molecule has 6 nitrogen and oxygen atoms in total. The minimum atomic E-state index is -0.838. The Morgan fingerprint density at radius 2 is 0.727 bits per heavy atom. The van der Waals surface area contributed by atoms with E-state index in [1.807, 2.05) is 6.08 Å². The Labute approximate surface area is 336 Å². The van der Waals surface area contributed by atoms with Crippen molar-refractivity contribution in [3.63, 3.8) is 0 Å². The molecule has 0 radical (unpaired) electrons. The van der Waals surface area contributed by atoms with Gasteiger partial charge < -0.3 is 14.2 Å². The van der Waals surface area contributed by atoms with Crippen molar-refractivity contribution in [2.75, 3.05) is 13.2 Å². The molecule has 0 aliphatic rings. The van der Waals surface area contributed by atoms with Crippen molar-refractivity contribution in [3.05, 3.63) is 109 Å². The Bertz CT molecular complexity index is 1200. The average Bonchev–Trinajstić information content (AvgIpc) is 3.18. The highest BCUT2D eigenvalue weighted by Crippen LogP contribution is 2.11. The molecule has 308 valence electrons. The molecule has 0 rings (SSSR count). The lowest BCUT2D eigenvalue weighted by Gasteiger charge is -2.18. The molecule has 0 saturated heterocycles. The van der Waals surface area contributed by atoms with Gasteiger partial charge in [0, 0.05) is 12.8 Å². The Morgan fingerprint density at radius 3 is 1.22 bits per heavy atom. The van der Waals surface area contributed by atoms with Gasteiger partial charge in [0.25, 0.3) is 0 Å². The average molecular weight is 761 g/mol. The van der Waals surface area contributed by atoms with Crippen LogP contribution in [0.5, 0.6) is 0 Å². The molecule has 0 aliphatic carbocycles. The van der Waals surface area contributed by atoms with E-state index in [0.717, 1.165) is 103 Å². The maximum Gasteiger partial charge on any atom is 0.309 e. The molecule has 0 fully saturated rings. The van der Waals surface area contributed by atoms with Crippen molar-refractivity contribution in [2.24, 2.45) is 0 Å². The standard InChI is InChI=1S/C49H76O6/c1-4-7-10-13-16-19-21-23-24-25-26-28-30-33-36-39-42-48(51)54-45-46(44-53-47(50)41-38-35-32-29-18-15-12-9-6-3)55-49(52)43-40-37-34-31-27-22-20-17-14-11-8-5-2/h7-12,16-20,23-24,27,29,31,35,38,46H,4-6,13-15,21-22,25-26,28,30,32-34,36-37,39-45H2,1-3H3/b10-7-,11-8-,12-9-,19-16-,20-17-,24-23-,29-18-,31-27-,38-35-. The van der Waals surface area contributed by atoms with Crippen LogP contribution in [0.2, 0.25) is 0 Å². The fourth-order valence-corrected chi connectivity index (χ4v) is 5.18. The fraction of sp³-hybridized carbons (Fsp3) is 0.571. The van der Waals surface area contributed by atoms with Crippen molar-refractivity contribution in [1.29, 1.82) is 0 Å². The van der Waals surface area contributed by atoms with E-state index in [-0.39, 0.29) is 38.0 Å². The van der Waals surface area contributed by atoms with Crippen LogP contribution >= 0.6 is 0 Å². The molecule has 0 aliphatic heterocycles. The lowest BCUT2D eigenvalue weighted by molar-refractivity contribution is -0.166. The van der Waals surface area contributed by atoms with Crippen molar-refractivity contribution < 1.29 is 28.6 Å². The Balaban J connectivity index is 4.51. The Hall–Kier alpha value is -3.93. The lowest BCUT2D eigenvalue weighted by Crippen LogP contribution is -2.30. The highest BCUT2D eigenvalue weighted by atomic mass is 16.6. The molecule has 0 aromatic rings. The van der Waals surface area contributed by atoms with Gasteiger partial charge in [0.2, 0.25) is 0 Å². The van der Waals surface area contributed by atoms with Gasteiger partial charge in [-0.05, 0) is 96.3 Å². The summed E-state index contributed by atoms with van der Waals surface area (Å²) in [7, 11) is 0. The van der Waals surface area contributed by atoms with Crippen LogP contribution in [0.25, 0.3) is 0 Å². The van der Waals surface area contributed by atoms with E-state index < -0.39 is 12.1 Å². The van der Waals surface area contributed by atoms with Crippen molar-refractivity contribution in [2.45, 2.75) is 168 Å². The van der Waals surface area contributed by atoms with Crippen molar-refractivity contribution in [1.82, 2.24) is 0 Å². The Kier molecular flexibility index (Phi) is 39.7. The number of carbonyl (C=O) groups excluding carboxylic acids is 3. The zero-order valence-electron chi connectivity index (χ0n) is 34.9. The summed E-state index contributed by atoms with van der Waals surface area (Å²) in [5.74, 6) is -1.13. The van der Waals surface area contributed by atoms with E-state index in [4.69, 9.17) is 14.2 Å². The van der Waals surface area contributed by atoms with E-state index in [1.54, 1.807) is 6.08 Å². The summed E-state index contributed by atoms with van der Waals surface area (Å²) in [6, 6.07) is 0. The third-order valence-electron chi connectivity index (χ3n) is 8.29. The number of unbranched alkanes of at least 4 members (excludes halogenated alkanes) is 8. The van der Waals surface area contributed by atoms with Gasteiger partial charge in [0.15, 0.2) is 6.10 Å². The predicted molar refractivity (Wildman–Crippen MR) is 233 cm³/mol. The molecule has 6 heteroatoms. The number of hydrogen-bond acceptors (Lipinski definition) is 6. The van der Waals surface area contributed by atoms with Crippen LogP contribution in [0.1, 0.15) is 162 Å². The molecule has 0 bridgehead atoms. The third kappa shape index (κ3) is 41.1. The monoisotopic (exact) mass is 761 g/mol. The number of carbonyl (C=O) groups is 3. The molecule has 0 aromatic carbocycles. The van der Waals surface area contributed by atoms with Gasteiger partial charge in [0.1, 0.15) is 13.2 Å². The first-order chi connectivity index (χ1) is 27.0. The van der Waals surface area contributed by atoms with E-state index in [2.05, 4.69) is 118 Å². The van der Waals surface area contributed by atoms with Crippen LogP contribution in [-0.4, -0.2) is 37.2 Å². The van der Waals surface area contributed by atoms with Gasteiger partial charge in [-0.15, -0.1) is 0 Å². The first-order valence-electron chi connectivity index (χ1n) is 21.4. The molecule has 0 saturated carbocycles. The summed E-state index contributed by atoms with van der Waals surface area (Å²) in [5.41, 5.74) is 0. The van der Waals surface area contributed by atoms with Crippen LogP contribution < -0.4 is 0 Å². The third-order valence-corrected chi connectivity index (χ3v) is 8.29. The van der Waals surface area contributed by atoms with E-state index in [0.29, 0.717) is 12.8 Å². The molecule has 1 atom stereocenters. The zero-order valence-corrected chi connectivity index (χ0v) is 34.9. The van der Waals surface area contributed by atoms with Gasteiger partial charge in [-0.25, -0.2) is 0 Å². The minimum Gasteiger partial charge on any atom is -0.462 e. The molecule has 0 aromatic heterocycles. The number of rotatable bonds is 36. The van der Waals surface area contributed by atoms with Gasteiger partial charge in [0.05, 0.1) is 6.42 Å². The van der Waals surface area contributed by atoms with Gasteiger partial charge in [-0.3, -0.25) is 14.4 Å².